The highest BCUT2D eigenvalue weighted by Gasteiger charge is 1.98. The Labute approximate surface area is 130 Å². The monoisotopic (exact) mass is 357 g/mol. The lowest BCUT2D eigenvalue weighted by molar-refractivity contribution is 0.132. The first-order chi connectivity index (χ1) is 9.15. The Kier molecular flexibility index (Phi) is 5.25. The van der Waals surface area contributed by atoms with Gasteiger partial charge in [0, 0.05) is 15.1 Å². The van der Waals surface area contributed by atoms with E-state index in [1.54, 1.807) is 24.4 Å². The summed E-state index contributed by atoms with van der Waals surface area (Å²) in [5.74, 6) is 0. The van der Waals surface area contributed by atoms with Crippen molar-refractivity contribution in [3.05, 3.63) is 68.1 Å². The van der Waals surface area contributed by atoms with Gasteiger partial charge in [0.2, 0.25) is 0 Å². The minimum absolute atomic E-state index is 0.404. The molecule has 2 nitrogen and oxygen atoms in total. The van der Waals surface area contributed by atoms with Gasteiger partial charge in [0.15, 0.2) is 0 Å². The van der Waals surface area contributed by atoms with Gasteiger partial charge in [0.1, 0.15) is 6.61 Å². The van der Waals surface area contributed by atoms with Crippen LogP contribution in [0.15, 0.2) is 52.1 Å². The molecule has 0 N–H and O–H groups in total. The van der Waals surface area contributed by atoms with E-state index in [4.69, 9.17) is 28.0 Å². The predicted molar refractivity (Wildman–Crippen MR) is 83.0 cm³/mol. The summed E-state index contributed by atoms with van der Waals surface area (Å²) in [6.45, 7) is 0.404. The maximum atomic E-state index is 6.01. The summed E-state index contributed by atoms with van der Waals surface area (Å²) in [4.78, 5) is 5.22. The Morgan fingerprint density at radius 1 is 1.16 bits per heavy atom. The predicted octanol–water partition coefficient (Wildman–Crippen LogP) is 5.31. The summed E-state index contributed by atoms with van der Waals surface area (Å²) < 4.78 is 1.01. The molecular weight excluding hydrogens is 349 g/mol. The van der Waals surface area contributed by atoms with E-state index in [-0.39, 0.29) is 0 Å². The van der Waals surface area contributed by atoms with E-state index in [1.807, 2.05) is 24.3 Å². The largest absolute Gasteiger partial charge is 0.391 e. The molecule has 98 valence electrons. The molecule has 0 atom stereocenters. The minimum atomic E-state index is 0.404. The first-order valence-corrected chi connectivity index (χ1v) is 7.05. The maximum absolute atomic E-state index is 6.01. The van der Waals surface area contributed by atoms with Crippen molar-refractivity contribution in [3.63, 3.8) is 0 Å². The fourth-order valence-corrected chi connectivity index (χ4v) is 2.34. The number of oxime groups is 1. The summed E-state index contributed by atoms with van der Waals surface area (Å²) in [6.07, 6.45) is 1.57. The second kappa shape index (κ2) is 6.94. The molecule has 0 aliphatic carbocycles. The van der Waals surface area contributed by atoms with Crippen LogP contribution in [0.2, 0.25) is 10.0 Å². The molecule has 0 amide bonds. The Morgan fingerprint density at radius 3 is 2.74 bits per heavy atom. The fraction of sp³-hybridized carbons (Fsp3) is 0.0714. The van der Waals surface area contributed by atoms with Gasteiger partial charge in [0.25, 0.3) is 0 Å². The van der Waals surface area contributed by atoms with Gasteiger partial charge >= 0.3 is 0 Å². The summed E-state index contributed by atoms with van der Waals surface area (Å²) in [6, 6.07) is 13.1. The van der Waals surface area contributed by atoms with Crippen LogP contribution in [0.3, 0.4) is 0 Å². The van der Waals surface area contributed by atoms with Crippen LogP contribution in [-0.2, 0) is 11.4 Å². The molecule has 0 aliphatic rings. The van der Waals surface area contributed by atoms with Crippen LogP contribution in [0, 0.1) is 0 Å². The topological polar surface area (TPSA) is 21.6 Å². The molecule has 0 fully saturated rings. The van der Waals surface area contributed by atoms with Gasteiger partial charge in [-0.3, -0.25) is 0 Å². The Morgan fingerprint density at radius 2 is 2.00 bits per heavy atom. The smallest absolute Gasteiger partial charge is 0.142 e. The molecule has 0 radical (unpaired) electrons. The van der Waals surface area contributed by atoms with Crippen molar-refractivity contribution < 1.29 is 4.84 Å². The summed E-state index contributed by atoms with van der Waals surface area (Å²) >= 11 is 15.2. The molecule has 2 aromatic rings. The van der Waals surface area contributed by atoms with Gasteiger partial charge in [-0.05, 0) is 29.8 Å². The lowest BCUT2D eigenvalue weighted by Crippen LogP contribution is -1.89. The van der Waals surface area contributed by atoms with Crippen molar-refractivity contribution in [2.24, 2.45) is 5.16 Å². The lowest BCUT2D eigenvalue weighted by Gasteiger charge is -2.01. The number of hydrogen-bond acceptors (Lipinski definition) is 2. The van der Waals surface area contributed by atoms with Crippen molar-refractivity contribution in [1.82, 2.24) is 0 Å². The van der Waals surface area contributed by atoms with Gasteiger partial charge in [-0.2, -0.15) is 0 Å². The standard InChI is InChI=1S/C14H10BrCl2NO/c15-12-3-1-2-10(6-12)9-19-18-8-11-4-5-13(16)7-14(11)17/h1-8H,9H2. The van der Waals surface area contributed by atoms with E-state index in [1.165, 1.54) is 0 Å². The summed E-state index contributed by atoms with van der Waals surface area (Å²) in [5.41, 5.74) is 1.80. The third-order valence-corrected chi connectivity index (χ3v) is 3.40. The van der Waals surface area contributed by atoms with E-state index in [0.717, 1.165) is 15.6 Å². The minimum Gasteiger partial charge on any atom is -0.391 e. The van der Waals surface area contributed by atoms with Crippen LogP contribution in [0.5, 0.6) is 0 Å². The Hall–Kier alpha value is -1.03. The van der Waals surface area contributed by atoms with Crippen molar-refractivity contribution >= 4 is 45.3 Å². The fourth-order valence-electron chi connectivity index (χ4n) is 1.44. The summed E-state index contributed by atoms with van der Waals surface area (Å²) in [5, 5.41) is 5.03. The van der Waals surface area contributed by atoms with Gasteiger partial charge < -0.3 is 4.84 Å². The number of nitrogens with zero attached hydrogens (tertiary/aromatic N) is 1. The van der Waals surface area contributed by atoms with Crippen LogP contribution in [-0.4, -0.2) is 6.21 Å². The van der Waals surface area contributed by atoms with Crippen molar-refractivity contribution in [3.8, 4) is 0 Å². The van der Waals surface area contributed by atoms with Gasteiger partial charge in [-0.1, -0.05) is 62.5 Å². The van der Waals surface area contributed by atoms with E-state index in [2.05, 4.69) is 21.1 Å². The molecule has 0 spiro atoms. The SMILES string of the molecule is Clc1ccc(C=NOCc2cccc(Br)c2)c(Cl)c1. The van der Waals surface area contributed by atoms with E-state index in [0.29, 0.717) is 16.7 Å². The van der Waals surface area contributed by atoms with Crippen molar-refractivity contribution in [2.45, 2.75) is 6.61 Å². The molecular formula is C14H10BrCl2NO. The molecule has 2 aromatic carbocycles. The molecule has 0 saturated carbocycles. The molecule has 0 saturated heterocycles. The normalized spacial score (nSPS) is 10.9. The average molecular weight is 359 g/mol. The second-order valence-corrected chi connectivity index (χ2v) is 5.56. The third-order valence-electron chi connectivity index (χ3n) is 2.35. The Balaban J connectivity index is 1.93. The van der Waals surface area contributed by atoms with Crippen molar-refractivity contribution in [2.75, 3.05) is 0 Å². The first kappa shape index (κ1) is 14.4. The van der Waals surface area contributed by atoms with Crippen LogP contribution in [0.1, 0.15) is 11.1 Å². The zero-order valence-corrected chi connectivity index (χ0v) is 12.9. The molecule has 0 bridgehead atoms. The molecule has 2 rings (SSSR count). The molecule has 0 unspecified atom stereocenters. The van der Waals surface area contributed by atoms with Gasteiger partial charge in [0.05, 0.1) is 11.2 Å². The number of benzene rings is 2. The van der Waals surface area contributed by atoms with E-state index >= 15 is 0 Å². The highest BCUT2D eigenvalue weighted by Crippen LogP contribution is 2.19. The van der Waals surface area contributed by atoms with E-state index < -0.39 is 0 Å². The van der Waals surface area contributed by atoms with Crippen molar-refractivity contribution in [1.29, 1.82) is 0 Å². The number of hydrogen-bond donors (Lipinski definition) is 0. The number of halogens is 3. The average Bonchev–Trinajstić information content (AvgIpc) is 2.37. The quantitative estimate of drug-likeness (QED) is 0.536. The second-order valence-electron chi connectivity index (χ2n) is 3.80. The highest BCUT2D eigenvalue weighted by atomic mass is 79.9. The molecule has 5 heteroatoms. The summed E-state index contributed by atoms with van der Waals surface area (Å²) in [7, 11) is 0. The van der Waals surface area contributed by atoms with Crippen LogP contribution >= 0.6 is 39.1 Å². The molecule has 19 heavy (non-hydrogen) atoms. The zero-order chi connectivity index (χ0) is 13.7. The third kappa shape index (κ3) is 4.53. The number of rotatable bonds is 4. The van der Waals surface area contributed by atoms with Gasteiger partial charge in [-0.25, -0.2) is 0 Å². The molecule has 0 aromatic heterocycles. The van der Waals surface area contributed by atoms with Crippen LogP contribution in [0.25, 0.3) is 0 Å². The molecule has 0 aliphatic heterocycles. The zero-order valence-electron chi connectivity index (χ0n) is 9.82. The Bertz CT molecular complexity index is 602. The van der Waals surface area contributed by atoms with Gasteiger partial charge in [-0.15, -0.1) is 0 Å². The van der Waals surface area contributed by atoms with Crippen LogP contribution in [0.4, 0.5) is 0 Å². The van der Waals surface area contributed by atoms with Crippen LogP contribution < -0.4 is 0 Å². The first-order valence-electron chi connectivity index (χ1n) is 5.50. The maximum Gasteiger partial charge on any atom is 0.142 e. The molecule has 0 heterocycles. The lowest BCUT2D eigenvalue weighted by atomic mass is 10.2. The highest BCUT2D eigenvalue weighted by molar-refractivity contribution is 9.10. The van der Waals surface area contributed by atoms with E-state index in [9.17, 15) is 0 Å².